The van der Waals surface area contributed by atoms with Gasteiger partial charge in [0.2, 0.25) is 0 Å². The van der Waals surface area contributed by atoms with E-state index < -0.39 is 5.97 Å². The van der Waals surface area contributed by atoms with Crippen LogP contribution in [-0.4, -0.2) is 50.6 Å². The molecule has 0 bridgehead atoms. The van der Waals surface area contributed by atoms with Crippen LogP contribution in [0.3, 0.4) is 0 Å². The summed E-state index contributed by atoms with van der Waals surface area (Å²) < 4.78 is 27.2. The zero-order valence-electron chi connectivity index (χ0n) is 29.8. The van der Waals surface area contributed by atoms with Gasteiger partial charge in [-0.05, 0) is 142 Å². The first-order chi connectivity index (χ1) is 24.8. The summed E-state index contributed by atoms with van der Waals surface area (Å²) in [6.45, 7) is 12.6. The predicted octanol–water partition coefficient (Wildman–Crippen LogP) is 9.01. The number of nitrogens with zero attached hydrogens (tertiary/aromatic N) is 1. The normalized spacial score (nSPS) is 10.9. The number of ether oxygens (including phenoxy) is 5. The van der Waals surface area contributed by atoms with E-state index in [-0.39, 0.29) is 11.9 Å². The van der Waals surface area contributed by atoms with Gasteiger partial charge in [0.1, 0.15) is 17.2 Å². The fourth-order valence-electron chi connectivity index (χ4n) is 4.76. The van der Waals surface area contributed by atoms with Gasteiger partial charge in [-0.2, -0.15) is 0 Å². The smallest absolute Gasteiger partial charge is 0.336 e. The van der Waals surface area contributed by atoms with Crippen LogP contribution in [0, 0.1) is 13.8 Å². The van der Waals surface area contributed by atoms with Gasteiger partial charge in [0.15, 0.2) is 0 Å². The number of benzene rings is 3. The SMILES string of the molecule is C=CC(=O)OCCCCCCOc1ccc(/C=C/C(=O)Oc2cc(C)c(/N=C/c3ccc(OCCCCCCOC(=O)C=C)cc3)cc2C)cc1. The number of carbonyl (C=O) groups is 3. The zero-order chi connectivity index (χ0) is 36.7. The highest BCUT2D eigenvalue weighted by atomic mass is 16.5. The Kier molecular flexibility index (Phi) is 18.1. The van der Waals surface area contributed by atoms with Crippen LogP contribution < -0.4 is 14.2 Å². The largest absolute Gasteiger partial charge is 0.494 e. The Hall–Kier alpha value is -5.44. The minimum absolute atomic E-state index is 0.382. The van der Waals surface area contributed by atoms with Gasteiger partial charge >= 0.3 is 17.9 Å². The van der Waals surface area contributed by atoms with Crippen LogP contribution in [0.2, 0.25) is 0 Å². The first kappa shape index (κ1) is 40.0. The first-order valence-corrected chi connectivity index (χ1v) is 17.4. The van der Waals surface area contributed by atoms with Gasteiger partial charge in [0.25, 0.3) is 0 Å². The Balaban J connectivity index is 1.37. The van der Waals surface area contributed by atoms with Gasteiger partial charge in [0, 0.05) is 24.4 Å². The number of esters is 3. The number of aliphatic imine (C=N–C) groups is 1. The van der Waals surface area contributed by atoms with E-state index >= 15 is 0 Å². The molecule has 0 aliphatic rings. The molecule has 0 aliphatic carbocycles. The van der Waals surface area contributed by atoms with Crippen molar-refractivity contribution in [1.82, 2.24) is 0 Å². The van der Waals surface area contributed by atoms with Crippen LogP contribution in [0.15, 0.2) is 97.0 Å². The fraction of sp³-hybridized carbons (Fsp3) is 0.333. The molecular formula is C42H49NO8. The van der Waals surface area contributed by atoms with Gasteiger partial charge in [0.05, 0.1) is 32.1 Å². The molecule has 9 heteroatoms. The molecule has 3 aromatic rings. The van der Waals surface area contributed by atoms with Crippen molar-refractivity contribution in [3.05, 3.63) is 114 Å². The maximum atomic E-state index is 12.6. The predicted molar refractivity (Wildman–Crippen MR) is 201 cm³/mol. The van der Waals surface area contributed by atoms with Gasteiger partial charge < -0.3 is 23.7 Å². The molecule has 0 unspecified atom stereocenters. The van der Waals surface area contributed by atoms with Crippen LogP contribution in [0.1, 0.15) is 73.6 Å². The molecule has 3 aromatic carbocycles. The molecule has 0 heterocycles. The summed E-state index contributed by atoms with van der Waals surface area (Å²) in [7, 11) is 0. The molecule has 0 amide bonds. The van der Waals surface area contributed by atoms with Crippen molar-refractivity contribution in [3.63, 3.8) is 0 Å². The highest BCUT2D eigenvalue weighted by Gasteiger charge is 2.09. The van der Waals surface area contributed by atoms with E-state index in [9.17, 15) is 14.4 Å². The average Bonchev–Trinajstić information content (AvgIpc) is 3.14. The lowest BCUT2D eigenvalue weighted by Crippen LogP contribution is -2.05. The third kappa shape index (κ3) is 16.2. The number of hydrogen-bond donors (Lipinski definition) is 0. The van der Waals surface area contributed by atoms with Crippen molar-refractivity contribution < 1.29 is 38.1 Å². The molecule has 0 saturated heterocycles. The Labute approximate surface area is 301 Å². The highest BCUT2D eigenvalue weighted by Crippen LogP contribution is 2.28. The molecule has 0 fully saturated rings. The number of hydrogen-bond acceptors (Lipinski definition) is 9. The van der Waals surface area contributed by atoms with Crippen LogP contribution in [0.4, 0.5) is 5.69 Å². The molecule has 0 radical (unpaired) electrons. The van der Waals surface area contributed by atoms with Gasteiger partial charge in [-0.25, -0.2) is 14.4 Å². The maximum absolute atomic E-state index is 12.6. The van der Waals surface area contributed by atoms with Crippen molar-refractivity contribution in [2.24, 2.45) is 4.99 Å². The standard InChI is InChI=1S/C42H49NO8/c1-5-40(44)49-27-13-9-7-11-25-47-36-20-15-34(16-21-36)19-24-42(46)51-39-30-32(3)38(29-33(39)4)43-31-35-17-22-37(23-18-35)48-26-12-8-10-14-28-50-41(45)6-2/h5-6,15-24,29-31H,1-2,7-14,25-28H2,3-4H3/b24-19+,43-31+. The topological polar surface area (TPSA) is 110 Å². The Morgan fingerprint density at radius 3 is 1.61 bits per heavy atom. The van der Waals surface area contributed by atoms with Crippen LogP contribution in [-0.2, 0) is 23.9 Å². The minimum atomic E-state index is -0.470. The van der Waals surface area contributed by atoms with E-state index in [2.05, 4.69) is 18.2 Å². The van der Waals surface area contributed by atoms with E-state index in [0.29, 0.717) is 32.2 Å². The number of aryl methyl sites for hydroxylation is 2. The Morgan fingerprint density at radius 2 is 1.10 bits per heavy atom. The van der Waals surface area contributed by atoms with Crippen LogP contribution >= 0.6 is 0 Å². The van der Waals surface area contributed by atoms with Gasteiger partial charge in [-0.1, -0.05) is 25.3 Å². The fourth-order valence-corrected chi connectivity index (χ4v) is 4.76. The quantitative estimate of drug-likeness (QED) is 0.0318. The molecule has 51 heavy (non-hydrogen) atoms. The van der Waals surface area contributed by atoms with Crippen LogP contribution in [0.5, 0.6) is 17.2 Å². The molecule has 0 aliphatic heterocycles. The monoisotopic (exact) mass is 695 g/mol. The summed E-state index contributed by atoms with van der Waals surface area (Å²) in [5.74, 6) is 0.805. The van der Waals surface area contributed by atoms with Crippen molar-refractivity contribution >= 4 is 35.9 Å². The lowest BCUT2D eigenvalue weighted by atomic mass is 10.1. The third-order valence-electron chi connectivity index (χ3n) is 7.67. The molecule has 9 nitrogen and oxygen atoms in total. The van der Waals surface area contributed by atoms with E-state index in [1.54, 1.807) is 12.3 Å². The molecule has 0 aromatic heterocycles. The summed E-state index contributed by atoms with van der Waals surface area (Å²) in [6, 6.07) is 19.0. The summed E-state index contributed by atoms with van der Waals surface area (Å²) >= 11 is 0. The van der Waals surface area contributed by atoms with E-state index in [1.807, 2.05) is 74.5 Å². The summed E-state index contributed by atoms with van der Waals surface area (Å²) in [5.41, 5.74) is 4.26. The molecule has 3 rings (SSSR count). The third-order valence-corrected chi connectivity index (χ3v) is 7.67. The summed E-state index contributed by atoms with van der Waals surface area (Å²) in [4.78, 5) is 39.3. The number of unbranched alkanes of at least 4 members (excludes halogenated alkanes) is 6. The molecule has 0 saturated carbocycles. The second-order valence-corrected chi connectivity index (χ2v) is 11.8. The second-order valence-electron chi connectivity index (χ2n) is 11.8. The molecular weight excluding hydrogens is 646 g/mol. The second kappa shape index (κ2) is 23.1. The van der Waals surface area contributed by atoms with E-state index in [1.165, 1.54) is 18.2 Å². The minimum Gasteiger partial charge on any atom is -0.494 e. The van der Waals surface area contributed by atoms with Gasteiger partial charge in [-0.3, -0.25) is 4.99 Å². The molecule has 270 valence electrons. The Bertz CT molecular complexity index is 1620. The van der Waals surface area contributed by atoms with E-state index in [4.69, 9.17) is 23.7 Å². The van der Waals surface area contributed by atoms with Crippen molar-refractivity contribution in [3.8, 4) is 17.2 Å². The van der Waals surface area contributed by atoms with Crippen molar-refractivity contribution in [1.29, 1.82) is 0 Å². The molecule has 0 N–H and O–H groups in total. The Morgan fingerprint density at radius 1 is 0.608 bits per heavy atom. The highest BCUT2D eigenvalue weighted by molar-refractivity contribution is 5.89. The van der Waals surface area contributed by atoms with Gasteiger partial charge in [-0.15, -0.1) is 0 Å². The number of carbonyl (C=O) groups excluding carboxylic acids is 3. The first-order valence-electron chi connectivity index (χ1n) is 17.4. The maximum Gasteiger partial charge on any atom is 0.336 e. The molecule has 0 atom stereocenters. The van der Waals surface area contributed by atoms with Crippen LogP contribution in [0.25, 0.3) is 6.08 Å². The van der Waals surface area contributed by atoms with Crippen molar-refractivity contribution in [2.75, 3.05) is 26.4 Å². The lowest BCUT2D eigenvalue weighted by Gasteiger charge is -2.09. The van der Waals surface area contributed by atoms with Crippen molar-refractivity contribution in [2.45, 2.75) is 65.2 Å². The average molecular weight is 696 g/mol. The summed E-state index contributed by atoms with van der Waals surface area (Å²) in [6.07, 6.45) is 14.6. The zero-order valence-corrected chi connectivity index (χ0v) is 29.8. The lowest BCUT2D eigenvalue weighted by molar-refractivity contribution is -0.138. The number of rotatable bonds is 23. The van der Waals surface area contributed by atoms with E-state index in [0.717, 1.165) is 90.8 Å². The summed E-state index contributed by atoms with van der Waals surface area (Å²) in [5, 5.41) is 0. The molecule has 0 spiro atoms.